The molecule has 4 N–H and O–H groups in total. The van der Waals surface area contributed by atoms with Crippen molar-refractivity contribution in [3.8, 4) is 0 Å². The van der Waals surface area contributed by atoms with Gasteiger partial charge in [0.15, 0.2) is 0 Å². The smallest absolute Gasteiger partial charge is 0.323 e. The van der Waals surface area contributed by atoms with Gasteiger partial charge < -0.3 is 30.7 Å². The molecule has 0 fully saturated rings. The van der Waals surface area contributed by atoms with Crippen LogP contribution in [0.25, 0.3) is 0 Å². The maximum absolute atomic E-state index is 12.4. The van der Waals surface area contributed by atoms with Crippen LogP contribution in [0.3, 0.4) is 0 Å². The van der Waals surface area contributed by atoms with E-state index in [4.69, 9.17) is 9.47 Å². The first-order valence-electron chi connectivity index (χ1n) is 13.7. The Bertz CT molecular complexity index is 698. The Morgan fingerprint density at radius 3 is 1.65 bits per heavy atom. The molecule has 10 heteroatoms. The highest BCUT2D eigenvalue weighted by Crippen LogP contribution is 2.07. The standard InChI is InChI=1S/C27H52N4O6/c1-10-21(9)31-23(27(35)37-19(6)7)15-24(32)28-13-11-12-20(8)16-29-25(33)14-22(30-17(2)3)26(34)36-18(4)5/h17-23,30-31H,10-16H2,1-9H3,(H,28,32)(H,29,33). The van der Waals surface area contributed by atoms with Gasteiger partial charge in [-0.25, -0.2) is 0 Å². The van der Waals surface area contributed by atoms with Gasteiger partial charge in [-0.3, -0.25) is 19.2 Å². The second-order valence-corrected chi connectivity index (χ2v) is 10.7. The van der Waals surface area contributed by atoms with Crippen LogP contribution >= 0.6 is 0 Å². The van der Waals surface area contributed by atoms with Crippen LogP contribution in [0.1, 0.15) is 94.4 Å². The number of carbonyl (C=O) groups excluding carboxylic acids is 4. The largest absolute Gasteiger partial charge is 0.462 e. The van der Waals surface area contributed by atoms with Crippen LogP contribution in [0, 0.1) is 5.92 Å². The topological polar surface area (TPSA) is 135 Å². The number of esters is 2. The number of hydrogen-bond acceptors (Lipinski definition) is 8. The van der Waals surface area contributed by atoms with Crippen molar-refractivity contribution in [2.45, 2.75) is 131 Å². The Kier molecular flexibility index (Phi) is 17.8. The minimum atomic E-state index is -0.690. The summed E-state index contributed by atoms with van der Waals surface area (Å²) in [5.41, 5.74) is 0. The number of nitrogens with one attached hydrogen (secondary N) is 4. The van der Waals surface area contributed by atoms with E-state index in [0.717, 1.165) is 19.3 Å². The molecule has 0 bridgehead atoms. The minimum Gasteiger partial charge on any atom is -0.462 e. The molecule has 2 amide bonds. The maximum Gasteiger partial charge on any atom is 0.323 e. The fraction of sp³-hybridized carbons (Fsp3) is 0.852. The zero-order valence-corrected chi connectivity index (χ0v) is 24.4. The zero-order chi connectivity index (χ0) is 28.5. The molecule has 0 heterocycles. The van der Waals surface area contributed by atoms with Gasteiger partial charge in [-0.05, 0) is 59.8 Å². The van der Waals surface area contributed by atoms with Crippen LogP contribution in [0.4, 0.5) is 0 Å². The molecule has 0 aliphatic rings. The van der Waals surface area contributed by atoms with E-state index in [2.05, 4.69) is 21.3 Å². The average molecular weight is 529 g/mol. The van der Waals surface area contributed by atoms with E-state index < -0.39 is 24.0 Å². The number of hydrogen-bond donors (Lipinski definition) is 4. The molecule has 0 spiro atoms. The van der Waals surface area contributed by atoms with Gasteiger partial charge in [0.2, 0.25) is 11.8 Å². The summed E-state index contributed by atoms with van der Waals surface area (Å²) >= 11 is 0. The van der Waals surface area contributed by atoms with Gasteiger partial charge in [0.25, 0.3) is 0 Å². The van der Waals surface area contributed by atoms with Crippen LogP contribution in [-0.4, -0.2) is 73.2 Å². The molecule has 0 saturated heterocycles. The highest BCUT2D eigenvalue weighted by molar-refractivity contribution is 5.86. The molecule has 0 rings (SSSR count). The number of carbonyl (C=O) groups is 4. The number of amides is 2. The van der Waals surface area contributed by atoms with Crippen molar-refractivity contribution in [2.75, 3.05) is 13.1 Å². The molecule has 4 unspecified atom stereocenters. The molecule has 4 atom stereocenters. The fourth-order valence-electron chi connectivity index (χ4n) is 3.50. The van der Waals surface area contributed by atoms with Crippen LogP contribution < -0.4 is 21.3 Å². The van der Waals surface area contributed by atoms with Crippen LogP contribution in [0.5, 0.6) is 0 Å². The van der Waals surface area contributed by atoms with E-state index in [1.165, 1.54) is 0 Å². The third-order valence-corrected chi connectivity index (χ3v) is 5.53. The SMILES string of the molecule is CCC(C)NC(CC(=O)NCCCC(C)CNC(=O)CC(NC(C)C)C(=O)OC(C)C)C(=O)OC(C)C. The predicted molar refractivity (Wildman–Crippen MR) is 145 cm³/mol. The van der Waals surface area contributed by atoms with Crippen LogP contribution in [0.2, 0.25) is 0 Å². The van der Waals surface area contributed by atoms with Gasteiger partial charge in [-0.1, -0.05) is 27.7 Å². The predicted octanol–water partition coefficient (Wildman–Crippen LogP) is 2.44. The molecule has 0 aromatic carbocycles. The van der Waals surface area contributed by atoms with Crippen molar-refractivity contribution in [1.29, 1.82) is 0 Å². The van der Waals surface area contributed by atoms with E-state index in [-0.39, 0.29) is 54.9 Å². The minimum absolute atomic E-state index is 0.0115. The number of rotatable bonds is 19. The summed E-state index contributed by atoms with van der Waals surface area (Å²) in [7, 11) is 0. The summed E-state index contributed by atoms with van der Waals surface area (Å²) in [6.45, 7) is 17.9. The first kappa shape index (κ1) is 34.8. The Hall–Kier alpha value is -2.20. The molecule has 0 aromatic rings. The molecule has 0 aliphatic carbocycles. The maximum atomic E-state index is 12.4. The summed E-state index contributed by atoms with van der Waals surface area (Å²) in [5, 5.41) is 12.0. The van der Waals surface area contributed by atoms with Crippen molar-refractivity contribution in [3.63, 3.8) is 0 Å². The van der Waals surface area contributed by atoms with Gasteiger partial charge in [-0.2, -0.15) is 0 Å². The molecule has 10 nitrogen and oxygen atoms in total. The lowest BCUT2D eigenvalue weighted by atomic mass is 10.1. The highest BCUT2D eigenvalue weighted by Gasteiger charge is 2.26. The van der Waals surface area contributed by atoms with Crippen molar-refractivity contribution < 1.29 is 28.7 Å². The summed E-state index contributed by atoms with van der Waals surface area (Å²) in [6, 6.07) is -1.25. The van der Waals surface area contributed by atoms with Crippen LogP contribution in [0.15, 0.2) is 0 Å². The third kappa shape index (κ3) is 17.8. The van der Waals surface area contributed by atoms with Crippen molar-refractivity contribution >= 4 is 23.8 Å². The van der Waals surface area contributed by atoms with Gasteiger partial charge in [-0.15, -0.1) is 0 Å². The average Bonchev–Trinajstić information content (AvgIpc) is 2.78. The quantitative estimate of drug-likeness (QED) is 0.148. The summed E-state index contributed by atoms with van der Waals surface area (Å²) in [5.74, 6) is -1.08. The first-order valence-corrected chi connectivity index (χ1v) is 13.7. The Morgan fingerprint density at radius 2 is 1.19 bits per heavy atom. The van der Waals surface area contributed by atoms with Gasteiger partial charge in [0.1, 0.15) is 12.1 Å². The van der Waals surface area contributed by atoms with Crippen molar-refractivity contribution in [2.24, 2.45) is 5.92 Å². The second-order valence-electron chi connectivity index (χ2n) is 10.7. The first-order chi connectivity index (χ1) is 17.2. The lowest BCUT2D eigenvalue weighted by Gasteiger charge is -2.22. The summed E-state index contributed by atoms with van der Waals surface area (Å²) < 4.78 is 10.5. The normalized spacial score (nSPS) is 14.7. The fourth-order valence-corrected chi connectivity index (χ4v) is 3.50. The van der Waals surface area contributed by atoms with Gasteiger partial charge >= 0.3 is 11.9 Å². The van der Waals surface area contributed by atoms with E-state index in [9.17, 15) is 19.2 Å². The monoisotopic (exact) mass is 528 g/mol. The number of ether oxygens (including phenoxy) is 2. The summed E-state index contributed by atoms with van der Waals surface area (Å²) in [4.78, 5) is 49.5. The Balaban J connectivity index is 4.45. The molecule has 0 saturated carbocycles. The molecule has 216 valence electrons. The molecule has 0 aromatic heterocycles. The summed E-state index contributed by atoms with van der Waals surface area (Å²) in [6.07, 6.45) is 1.91. The van der Waals surface area contributed by atoms with Gasteiger partial charge in [0, 0.05) is 25.2 Å². The third-order valence-electron chi connectivity index (χ3n) is 5.53. The molecular formula is C27H52N4O6. The van der Waals surface area contributed by atoms with E-state index >= 15 is 0 Å². The van der Waals surface area contributed by atoms with E-state index in [1.54, 1.807) is 27.7 Å². The second kappa shape index (κ2) is 19.0. The van der Waals surface area contributed by atoms with Crippen molar-refractivity contribution in [3.05, 3.63) is 0 Å². The Morgan fingerprint density at radius 1 is 0.703 bits per heavy atom. The molecular weight excluding hydrogens is 476 g/mol. The zero-order valence-electron chi connectivity index (χ0n) is 24.4. The lowest BCUT2D eigenvalue weighted by molar-refractivity contribution is -0.152. The Labute approximate surface area is 223 Å². The molecule has 0 aliphatic heterocycles. The lowest BCUT2D eigenvalue weighted by Crippen LogP contribution is -2.46. The van der Waals surface area contributed by atoms with E-state index in [1.807, 2.05) is 34.6 Å². The highest BCUT2D eigenvalue weighted by atomic mass is 16.5. The molecule has 37 heavy (non-hydrogen) atoms. The van der Waals surface area contributed by atoms with E-state index in [0.29, 0.717) is 13.1 Å². The molecule has 0 radical (unpaired) electrons. The van der Waals surface area contributed by atoms with Gasteiger partial charge in [0.05, 0.1) is 25.0 Å². The van der Waals surface area contributed by atoms with Crippen LogP contribution in [-0.2, 0) is 28.7 Å². The van der Waals surface area contributed by atoms with Crippen molar-refractivity contribution in [1.82, 2.24) is 21.3 Å².